The van der Waals surface area contributed by atoms with E-state index in [1.54, 1.807) is 0 Å². The Morgan fingerprint density at radius 2 is 1.03 bits per heavy atom. The number of hydrogen-bond donors (Lipinski definition) is 0. The molecule has 6 aromatic rings. The van der Waals surface area contributed by atoms with Crippen LogP contribution in [0.4, 0.5) is 0 Å². The standard InChI is InChI=1S/C38H31N/c1-26-21-22-27(2)37(36-25-39-24-30-15-7-8-17-32(30)36)34-19-11-12-20-35(34)38(28(3)23-26)33-18-10-9-16-31(33)29-13-5-4-6-14-29/h4-25H,1-3H3. The van der Waals surface area contributed by atoms with E-state index in [2.05, 4.69) is 147 Å². The number of aromatic nitrogens is 1. The molecular formula is C38H31N. The van der Waals surface area contributed by atoms with Crippen LogP contribution < -0.4 is 0 Å². The van der Waals surface area contributed by atoms with Gasteiger partial charge in [-0.3, -0.25) is 4.98 Å². The molecule has 0 aliphatic heterocycles. The van der Waals surface area contributed by atoms with E-state index in [9.17, 15) is 0 Å². The van der Waals surface area contributed by atoms with Crippen molar-refractivity contribution in [1.82, 2.24) is 4.98 Å². The van der Waals surface area contributed by atoms with E-state index in [0.717, 1.165) is 10.9 Å². The molecule has 0 fully saturated rings. The van der Waals surface area contributed by atoms with Gasteiger partial charge in [0.1, 0.15) is 0 Å². The SMILES string of the molecule is Cc1ccc(C)c(-c2cncc3ccccc23)c2ccccc2c(-c2ccccc2-c2ccccc2)c(C)c1. The molecule has 0 N–H and O–H groups in total. The van der Waals surface area contributed by atoms with Crippen LogP contribution >= 0.6 is 0 Å². The van der Waals surface area contributed by atoms with Crippen LogP contribution in [0.2, 0.25) is 0 Å². The Morgan fingerprint density at radius 1 is 0.436 bits per heavy atom. The van der Waals surface area contributed by atoms with Gasteiger partial charge in [-0.2, -0.15) is 0 Å². The van der Waals surface area contributed by atoms with E-state index in [4.69, 9.17) is 0 Å². The average molecular weight is 502 g/mol. The van der Waals surface area contributed by atoms with Crippen molar-refractivity contribution in [2.24, 2.45) is 0 Å². The molecule has 0 unspecified atom stereocenters. The minimum Gasteiger partial charge on any atom is -0.263 e. The molecule has 39 heavy (non-hydrogen) atoms. The Morgan fingerprint density at radius 3 is 1.77 bits per heavy atom. The van der Waals surface area contributed by atoms with Crippen molar-refractivity contribution >= 4 is 21.5 Å². The lowest BCUT2D eigenvalue weighted by Crippen LogP contribution is -1.92. The second-order valence-corrected chi connectivity index (χ2v) is 10.2. The molecule has 1 aromatic heterocycles. The quantitative estimate of drug-likeness (QED) is 0.235. The van der Waals surface area contributed by atoms with Crippen LogP contribution in [0.1, 0.15) is 16.7 Å². The van der Waals surface area contributed by atoms with Crippen molar-refractivity contribution in [3.05, 3.63) is 150 Å². The van der Waals surface area contributed by atoms with Gasteiger partial charge in [-0.1, -0.05) is 127 Å². The Bertz CT molecular complexity index is 1880. The van der Waals surface area contributed by atoms with Crippen molar-refractivity contribution in [1.29, 1.82) is 0 Å². The fourth-order valence-corrected chi connectivity index (χ4v) is 5.75. The van der Waals surface area contributed by atoms with Crippen LogP contribution in [0.25, 0.3) is 54.9 Å². The number of hydrogen-bond acceptors (Lipinski definition) is 1. The fourth-order valence-electron chi connectivity index (χ4n) is 5.75. The molecule has 0 aliphatic rings. The van der Waals surface area contributed by atoms with Crippen LogP contribution in [0.3, 0.4) is 0 Å². The molecule has 0 radical (unpaired) electrons. The maximum atomic E-state index is 4.67. The van der Waals surface area contributed by atoms with Gasteiger partial charge < -0.3 is 0 Å². The van der Waals surface area contributed by atoms with Gasteiger partial charge in [0.05, 0.1) is 0 Å². The van der Waals surface area contributed by atoms with E-state index in [-0.39, 0.29) is 0 Å². The van der Waals surface area contributed by atoms with Gasteiger partial charge in [0, 0.05) is 23.3 Å². The Hall–Kier alpha value is -4.75. The summed E-state index contributed by atoms with van der Waals surface area (Å²) in [6.07, 6.45) is 3.98. The molecule has 0 aliphatic carbocycles. The first-order valence-electron chi connectivity index (χ1n) is 13.5. The van der Waals surface area contributed by atoms with E-state index < -0.39 is 0 Å². The highest BCUT2D eigenvalue weighted by molar-refractivity contribution is 6.10. The lowest BCUT2D eigenvalue weighted by Gasteiger charge is -2.17. The van der Waals surface area contributed by atoms with E-state index >= 15 is 0 Å². The maximum Gasteiger partial charge on any atom is 0.0353 e. The lowest BCUT2D eigenvalue weighted by molar-refractivity contribution is 1.35. The highest BCUT2D eigenvalue weighted by Crippen LogP contribution is 2.41. The van der Waals surface area contributed by atoms with Gasteiger partial charge in [0.15, 0.2) is 0 Å². The van der Waals surface area contributed by atoms with Crippen molar-refractivity contribution in [2.45, 2.75) is 20.8 Å². The first-order chi connectivity index (χ1) is 19.1. The molecule has 0 spiro atoms. The second kappa shape index (κ2) is 10.6. The summed E-state index contributed by atoms with van der Waals surface area (Å²) < 4.78 is 0. The van der Waals surface area contributed by atoms with Gasteiger partial charge >= 0.3 is 0 Å². The van der Waals surface area contributed by atoms with Crippen LogP contribution in [0.5, 0.6) is 0 Å². The molecule has 5 aromatic carbocycles. The molecular weight excluding hydrogens is 470 g/mol. The third-order valence-corrected chi connectivity index (χ3v) is 7.51. The smallest absolute Gasteiger partial charge is 0.0353 e. The molecule has 6 rings (SSSR count). The summed E-state index contributed by atoms with van der Waals surface area (Å²) in [5.41, 5.74) is 11.0. The summed E-state index contributed by atoms with van der Waals surface area (Å²) in [5, 5.41) is 4.79. The van der Waals surface area contributed by atoms with Crippen molar-refractivity contribution in [3.63, 3.8) is 0 Å². The van der Waals surface area contributed by atoms with Crippen molar-refractivity contribution in [3.8, 4) is 33.4 Å². The zero-order valence-corrected chi connectivity index (χ0v) is 22.6. The molecule has 0 amide bonds. The van der Waals surface area contributed by atoms with Gasteiger partial charge in [-0.15, -0.1) is 0 Å². The number of aryl methyl sites for hydroxylation is 3. The molecule has 1 nitrogen and oxygen atoms in total. The monoisotopic (exact) mass is 501 g/mol. The first kappa shape index (κ1) is 24.6. The summed E-state index contributed by atoms with van der Waals surface area (Å²) in [7, 11) is 0. The van der Waals surface area contributed by atoms with Crippen LogP contribution in [-0.4, -0.2) is 4.98 Å². The minimum absolute atomic E-state index is 1.14. The third kappa shape index (κ3) is 4.69. The molecule has 0 bridgehead atoms. The predicted octanol–water partition coefficient (Wildman–Crippen LogP) is 10.4. The normalized spacial score (nSPS) is 10.9. The average Bonchev–Trinajstić information content (AvgIpc) is 2.98. The zero-order valence-electron chi connectivity index (χ0n) is 22.6. The van der Waals surface area contributed by atoms with E-state index in [0.29, 0.717) is 0 Å². The molecule has 1 heteroatoms. The highest BCUT2D eigenvalue weighted by atomic mass is 14.6. The van der Waals surface area contributed by atoms with Crippen molar-refractivity contribution < 1.29 is 0 Å². The van der Waals surface area contributed by atoms with Crippen LogP contribution in [-0.2, 0) is 0 Å². The fraction of sp³-hybridized carbons (Fsp3) is 0.0789. The number of nitrogens with zero attached hydrogens (tertiary/aromatic N) is 1. The Balaban J connectivity index is 1.83. The third-order valence-electron chi connectivity index (χ3n) is 7.51. The second-order valence-electron chi connectivity index (χ2n) is 10.2. The van der Waals surface area contributed by atoms with Crippen molar-refractivity contribution in [2.75, 3.05) is 0 Å². The summed E-state index contributed by atoms with van der Waals surface area (Å²) >= 11 is 0. The molecule has 0 atom stereocenters. The highest BCUT2D eigenvalue weighted by Gasteiger charge is 2.15. The Labute approximate surface area is 230 Å². The maximum absolute atomic E-state index is 4.67. The van der Waals surface area contributed by atoms with Gasteiger partial charge in [-0.05, 0) is 75.9 Å². The summed E-state index contributed by atoms with van der Waals surface area (Å²) in [6, 6.07) is 43.6. The molecule has 188 valence electrons. The number of pyridine rings is 1. The topological polar surface area (TPSA) is 12.9 Å². The molecule has 1 heterocycles. The first-order valence-corrected chi connectivity index (χ1v) is 13.5. The number of fused-ring (bicyclic) bond motifs is 2. The van der Waals surface area contributed by atoms with Gasteiger partial charge in [0.25, 0.3) is 0 Å². The summed E-state index contributed by atoms with van der Waals surface area (Å²) in [4.78, 5) is 4.67. The largest absolute Gasteiger partial charge is 0.263 e. The lowest BCUT2D eigenvalue weighted by atomic mass is 9.87. The zero-order chi connectivity index (χ0) is 26.8. The molecule has 0 saturated carbocycles. The van der Waals surface area contributed by atoms with Gasteiger partial charge in [-0.25, -0.2) is 0 Å². The predicted molar refractivity (Wildman–Crippen MR) is 167 cm³/mol. The van der Waals surface area contributed by atoms with Crippen LogP contribution in [0.15, 0.2) is 134 Å². The van der Waals surface area contributed by atoms with E-state index in [1.165, 1.54) is 60.7 Å². The van der Waals surface area contributed by atoms with Crippen LogP contribution in [0, 0.1) is 20.8 Å². The number of rotatable bonds is 3. The summed E-state index contributed by atoms with van der Waals surface area (Å²) in [6.45, 7) is 6.64. The van der Waals surface area contributed by atoms with E-state index in [1.807, 2.05) is 12.4 Å². The number of benzene rings is 4. The Kier molecular flexibility index (Phi) is 6.65. The summed E-state index contributed by atoms with van der Waals surface area (Å²) in [5.74, 6) is 0. The molecule has 0 saturated heterocycles. The van der Waals surface area contributed by atoms with Gasteiger partial charge in [0.2, 0.25) is 0 Å². The minimum atomic E-state index is 1.14.